The molecule has 0 heterocycles. The lowest BCUT2D eigenvalue weighted by Crippen LogP contribution is -2.09. The third-order valence-electron chi connectivity index (χ3n) is 12.1. The molecule has 0 aliphatic rings. The van der Waals surface area contributed by atoms with Crippen LogP contribution in [-0.2, 0) is 0 Å². The number of anilines is 3. The Morgan fingerprint density at radius 2 is 0.623 bits per heavy atom. The van der Waals surface area contributed by atoms with E-state index < -0.39 is 0 Å². The van der Waals surface area contributed by atoms with Crippen LogP contribution in [0.25, 0.3) is 88.0 Å². The Kier molecular flexibility index (Phi) is 9.26. The van der Waals surface area contributed by atoms with Crippen LogP contribution >= 0.6 is 0 Å². The lowest BCUT2D eigenvalue weighted by molar-refractivity contribution is 1.28. The van der Waals surface area contributed by atoms with E-state index in [1.165, 1.54) is 88.0 Å². The van der Waals surface area contributed by atoms with Crippen molar-refractivity contribution in [3.8, 4) is 55.6 Å². The monoisotopic (exact) mass is 775 g/mol. The lowest BCUT2D eigenvalue weighted by atomic mass is 9.89. The maximum atomic E-state index is 2.37. The zero-order valence-corrected chi connectivity index (χ0v) is 33.6. The largest absolute Gasteiger partial charge is 0.311 e. The molecule has 0 amide bonds. The quantitative estimate of drug-likeness (QED) is 0.139. The summed E-state index contributed by atoms with van der Waals surface area (Å²) in [5, 5.41) is 7.56. The van der Waals surface area contributed by atoms with Gasteiger partial charge in [0.15, 0.2) is 0 Å². The molecule has 0 aliphatic heterocycles. The topological polar surface area (TPSA) is 3.24 Å². The molecule has 0 saturated heterocycles. The van der Waals surface area contributed by atoms with Gasteiger partial charge in [0.05, 0.1) is 0 Å². The van der Waals surface area contributed by atoms with Crippen molar-refractivity contribution in [2.24, 2.45) is 0 Å². The summed E-state index contributed by atoms with van der Waals surface area (Å²) in [7, 11) is 0. The summed E-state index contributed by atoms with van der Waals surface area (Å²) < 4.78 is 0. The van der Waals surface area contributed by atoms with Crippen molar-refractivity contribution in [2.75, 3.05) is 4.90 Å². The molecule has 0 radical (unpaired) electrons. The maximum absolute atomic E-state index is 2.37. The average Bonchev–Trinajstić information content (AvgIpc) is 3.35. The van der Waals surface area contributed by atoms with Crippen molar-refractivity contribution < 1.29 is 0 Å². The van der Waals surface area contributed by atoms with Crippen molar-refractivity contribution in [3.63, 3.8) is 0 Å². The number of nitrogens with zero attached hydrogens (tertiary/aromatic N) is 1. The van der Waals surface area contributed by atoms with Crippen LogP contribution in [0, 0.1) is 0 Å². The highest BCUT2D eigenvalue weighted by Crippen LogP contribution is 2.42. The summed E-state index contributed by atoms with van der Waals surface area (Å²) in [6.07, 6.45) is 0. The molecule has 1 nitrogen and oxygen atoms in total. The molecule has 0 spiro atoms. The van der Waals surface area contributed by atoms with Gasteiger partial charge in [0.25, 0.3) is 0 Å². The van der Waals surface area contributed by atoms with Gasteiger partial charge in [-0.15, -0.1) is 0 Å². The lowest BCUT2D eigenvalue weighted by Gasteiger charge is -2.26. The van der Waals surface area contributed by atoms with Crippen molar-refractivity contribution in [3.05, 3.63) is 249 Å². The highest BCUT2D eigenvalue weighted by Gasteiger charge is 2.17. The van der Waals surface area contributed by atoms with E-state index in [9.17, 15) is 0 Å². The van der Waals surface area contributed by atoms with Gasteiger partial charge in [-0.2, -0.15) is 0 Å². The van der Waals surface area contributed by atoms with Crippen molar-refractivity contribution in [1.29, 1.82) is 0 Å². The SMILES string of the molecule is c1ccc(-c2cccc(-c3ccc(N(c4ccc(-c5ccc6c(ccc7ccccc76)c5)cc4)c4ccc(-c5c(-c6ccccc6)ccc6ccccc56)cc4)cc3)c2)cc1. The first-order chi connectivity index (χ1) is 30.2. The van der Waals surface area contributed by atoms with Gasteiger partial charge in [-0.3, -0.25) is 0 Å². The maximum Gasteiger partial charge on any atom is 0.0462 e. The van der Waals surface area contributed by atoms with Crippen LogP contribution in [0.2, 0.25) is 0 Å². The summed E-state index contributed by atoms with van der Waals surface area (Å²) in [5.74, 6) is 0. The van der Waals surface area contributed by atoms with E-state index in [0.29, 0.717) is 0 Å². The van der Waals surface area contributed by atoms with Crippen LogP contribution in [0.15, 0.2) is 249 Å². The summed E-state index contributed by atoms with van der Waals surface area (Å²) in [4.78, 5) is 2.37. The second-order valence-electron chi connectivity index (χ2n) is 15.7. The molecule has 11 rings (SSSR count). The average molecular weight is 776 g/mol. The molecule has 11 aromatic rings. The summed E-state index contributed by atoms with van der Waals surface area (Å²) in [6.45, 7) is 0. The Labute approximate surface area is 357 Å². The zero-order valence-electron chi connectivity index (χ0n) is 33.6. The molecule has 0 aromatic heterocycles. The molecule has 0 N–H and O–H groups in total. The number of rotatable bonds is 8. The zero-order chi connectivity index (χ0) is 40.5. The fourth-order valence-electron chi connectivity index (χ4n) is 8.97. The molecular formula is C60H41N. The molecule has 0 bridgehead atoms. The number of hydrogen-bond acceptors (Lipinski definition) is 1. The number of hydrogen-bond donors (Lipinski definition) is 0. The Morgan fingerprint density at radius 1 is 0.213 bits per heavy atom. The van der Waals surface area contributed by atoms with E-state index in [4.69, 9.17) is 0 Å². The van der Waals surface area contributed by atoms with Crippen molar-refractivity contribution in [2.45, 2.75) is 0 Å². The van der Waals surface area contributed by atoms with Crippen molar-refractivity contribution in [1.82, 2.24) is 0 Å². The third kappa shape index (κ3) is 6.93. The van der Waals surface area contributed by atoms with Crippen LogP contribution in [0.1, 0.15) is 0 Å². The Hall–Kier alpha value is -8.00. The Balaban J connectivity index is 0.987. The molecule has 0 fully saturated rings. The van der Waals surface area contributed by atoms with Crippen LogP contribution in [0.3, 0.4) is 0 Å². The van der Waals surface area contributed by atoms with E-state index in [0.717, 1.165) is 17.1 Å². The highest BCUT2D eigenvalue weighted by atomic mass is 15.1. The fraction of sp³-hybridized carbons (Fsp3) is 0. The molecule has 0 saturated carbocycles. The van der Waals surface area contributed by atoms with Gasteiger partial charge in [0, 0.05) is 17.1 Å². The van der Waals surface area contributed by atoms with Gasteiger partial charge in [-0.05, 0) is 136 Å². The number of fused-ring (bicyclic) bond motifs is 4. The third-order valence-corrected chi connectivity index (χ3v) is 12.1. The van der Waals surface area contributed by atoms with Gasteiger partial charge in [0.2, 0.25) is 0 Å². The predicted molar refractivity (Wildman–Crippen MR) is 261 cm³/mol. The smallest absolute Gasteiger partial charge is 0.0462 e. The van der Waals surface area contributed by atoms with E-state index in [-0.39, 0.29) is 0 Å². The minimum atomic E-state index is 1.09. The van der Waals surface area contributed by atoms with Crippen LogP contribution in [0.4, 0.5) is 17.1 Å². The molecule has 0 aliphatic carbocycles. The molecule has 1 heteroatoms. The van der Waals surface area contributed by atoms with Gasteiger partial charge >= 0.3 is 0 Å². The normalized spacial score (nSPS) is 11.3. The molecule has 0 atom stereocenters. The predicted octanol–water partition coefficient (Wildman–Crippen LogP) is 17.0. The number of benzene rings is 11. The minimum Gasteiger partial charge on any atom is -0.311 e. The van der Waals surface area contributed by atoms with E-state index in [1.807, 2.05) is 0 Å². The van der Waals surface area contributed by atoms with Gasteiger partial charge in [0.1, 0.15) is 0 Å². The van der Waals surface area contributed by atoms with Crippen LogP contribution in [0.5, 0.6) is 0 Å². The first kappa shape index (κ1) is 36.1. The van der Waals surface area contributed by atoms with Gasteiger partial charge in [-0.25, -0.2) is 0 Å². The molecule has 286 valence electrons. The van der Waals surface area contributed by atoms with E-state index in [1.54, 1.807) is 0 Å². The molecule has 61 heavy (non-hydrogen) atoms. The molecule has 0 unspecified atom stereocenters. The van der Waals surface area contributed by atoms with Crippen LogP contribution in [-0.4, -0.2) is 0 Å². The first-order valence-electron chi connectivity index (χ1n) is 21.0. The second-order valence-corrected chi connectivity index (χ2v) is 15.7. The molecular weight excluding hydrogens is 735 g/mol. The van der Waals surface area contributed by atoms with E-state index >= 15 is 0 Å². The minimum absolute atomic E-state index is 1.09. The Morgan fingerprint density at radius 3 is 1.25 bits per heavy atom. The standard InChI is InChI=1S/C60H41N/c1-3-12-42(13-4-1)49-18-11-19-50(40-49)43-24-32-53(33-25-43)61(54-34-26-44(27-35-54)51-31-38-57-52(41-51)23-22-46-16-7-9-20-56(46)57)55-36-28-48(29-37-55)60-58-21-10-8-17-47(58)30-39-59(60)45-14-5-2-6-15-45/h1-41H. The molecule has 11 aromatic carbocycles. The van der Waals surface area contributed by atoms with Crippen LogP contribution < -0.4 is 4.90 Å². The summed E-state index contributed by atoms with van der Waals surface area (Å²) in [6, 6.07) is 90.4. The van der Waals surface area contributed by atoms with E-state index in [2.05, 4.69) is 254 Å². The van der Waals surface area contributed by atoms with Crippen molar-refractivity contribution >= 4 is 49.4 Å². The van der Waals surface area contributed by atoms with Gasteiger partial charge in [-0.1, -0.05) is 200 Å². The Bertz CT molecular complexity index is 3310. The first-order valence-corrected chi connectivity index (χ1v) is 21.0. The highest BCUT2D eigenvalue weighted by molar-refractivity contribution is 6.08. The van der Waals surface area contributed by atoms with Gasteiger partial charge < -0.3 is 4.90 Å². The summed E-state index contributed by atoms with van der Waals surface area (Å²) >= 11 is 0. The fourth-order valence-corrected chi connectivity index (χ4v) is 8.97. The second kappa shape index (κ2) is 15.6. The summed E-state index contributed by atoms with van der Waals surface area (Å²) in [5.41, 5.74) is 15.4.